The predicted octanol–water partition coefficient (Wildman–Crippen LogP) is 2.10. The molecule has 1 fully saturated rings. The molecule has 5 nitrogen and oxygen atoms in total. The highest BCUT2D eigenvalue weighted by Gasteiger charge is 2.21. The number of anilines is 1. The van der Waals surface area contributed by atoms with Gasteiger partial charge in [0, 0.05) is 31.2 Å². The maximum absolute atomic E-state index is 5.65. The standard InChI is InChI=1S/C13H20ClN3O2/c1-2-18-12-3-7-15-13(16-12)17-8-4-11(5-9-17)19-10-6-14/h3,7,11H,2,4-6,8-10H2,1H3. The van der Waals surface area contributed by atoms with E-state index in [1.165, 1.54) is 0 Å². The Morgan fingerprint density at radius 1 is 1.42 bits per heavy atom. The molecular weight excluding hydrogens is 266 g/mol. The first kappa shape index (κ1) is 14.3. The molecule has 0 spiro atoms. The van der Waals surface area contributed by atoms with Gasteiger partial charge < -0.3 is 14.4 Å². The number of hydrogen-bond donors (Lipinski definition) is 0. The summed E-state index contributed by atoms with van der Waals surface area (Å²) in [6, 6.07) is 1.78. The highest BCUT2D eigenvalue weighted by atomic mass is 35.5. The average molecular weight is 286 g/mol. The lowest BCUT2D eigenvalue weighted by Gasteiger charge is -2.31. The SMILES string of the molecule is CCOc1ccnc(N2CCC(OCCCl)CC2)n1. The molecule has 0 unspecified atom stereocenters. The quantitative estimate of drug-likeness (QED) is 0.749. The zero-order valence-electron chi connectivity index (χ0n) is 11.2. The first-order valence-corrected chi connectivity index (χ1v) is 7.25. The molecule has 0 aliphatic carbocycles. The molecule has 0 saturated carbocycles. The van der Waals surface area contributed by atoms with Gasteiger partial charge in [-0.05, 0) is 19.8 Å². The van der Waals surface area contributed by atoms with Gasteiger partial charge >= 0.3 is 0 Å². The summed E-state index contributed by atoms with van der Waals surface area (Å²) in [5.74, 6) is 1.93. The van der Waals surface area contributed by atoms with Gasteiger partial charge in [-0.3, -0.25) is 0 Å². The number of ether oxygens (including phenoxy) is 2. The second-order valence-electron chi connectivity index (χ2n) is 4.37. The van der Waals surface area contributed by atoms with Crippen molar-refractivity contribution in [1.29, 1.82) is 0 Å². The number of nitrogens with zero attached hydrogens (tertiary/aromatic N) is 3. The van der Waals surface area contributed by atoms with Gasteiger partial charge in [-0.25, -0.2) is 4.98 Å². The average Bonchev–Trinajstić information content (AvgIpc) is 2.46. The van der Waals surface area contributed by atoms with Crippen molar-refractivity contribution in [3.05, 3.63) is 12.3 Å². The van der Waals surface area contributed by atoms with Crippen LogP contribution in [0.3, 0.4) is 0 Å². The molecule has 6 heteroatoms. The third-order valence-electron chi connectivity index (χ3n) is 3.07. The first-order chi connectivity index (χ1) is 9.33. The van der Waals surface area contributed by atoms with Gasteiger partial charge in [-0.15, -0.1) is 11.6 Å². The summed E-state index contributed by atoms with van der Waals surface area (Å²) in [4.78, 5) is 10.9. The molecule has 2 rings (SSSR count). The van der Waals surface area contributed by atoms with E-state index in [2.05, 4.69) is 14.9 Å². The maximum Gasteiger partial charge on any atom is 0.228 e. The third kappa shape index (κ3) is 4.21. The molecule has 106 valence electrons. The lowest BCUT2D eigenvalue weighted by Crippen LogP contribution is -2.38. The molecule has 0 aromatic carbocycles. The minimum atomic E-state index is 0.310. The maximum atomic E-state index is 5.65. The summed E-state index contributed by atoms with van der Waals surface area (Å²) in [5.41, 5.74) is 0. The summed E-state index contributed by atoms with van der Waals surface area (Å²) in [6.45, 7) is 5.00. The van der Waals surface area contributed by atoms with Crippen LogP contribution in [0.15, 0.2) is 12.3 Å². The number of hydrogen-bond acceptors (Lipinski definition) is 5. The van der Waals surface area contributed by atoms with Crippen molar-refractivity contribution >= 4 is 17.5 Å². The molecule has 1 aliphatic heterocycles. The Hall–Kier alpha value is -1.07. The fourth-order valence-electron chi connectivity index (χ4n) is 2.15. The Morgan fingerprint density at radius 2 is 2.21 bits per heavy atom. The van der Waals surface area contributed by atoms with Crippen molar-refractivity contribution in [2.24, 2.45) is 0 Å². The van der Waals surface area contributed by atoms with Gasteiger partial charge in [0.2, 0.25) is 11.8 Å². The van der Waals surface area contributed by atoms with Crippen LogP contribution >= 0.6 is 11.6 Å². The Morgan fingerprint density at radius 3 is 2.89 bits per heavy atom. The van der Waals surface area contributed by atoms with Gasteiger partial charge in [0.25, 0.3) is 0 Å². The molecule has 19 heavy (non-hydrogen) atoms. The molecule has 1 aromatic heterocycles. The molecule has 2 heterocycles. The van der Waals surface area contributed by atoms with Crippen LogP contribution in [0.5, 0.6) is 5.88 Å². The summed E-state index contributed by atoms with van der Waals surface area (Å²) in [6.07, 6.45) is 4.02. The second kappa shape index (κ2) is 7.50. The summed E-state index contributed by atoms with van der Waals surface area (Å²) in [7, 11) is 0. The zero-order valence-corrected chi connectivity index (χ0v) is 12.0. The van der Waals surface area contributed by atoms with E-state index in [1.54, 1.807) is 12.3 Å². The summed E-state index contributed by atoms with van der Waals surface area (Å²) in [5, 5.41) is 0. The van der Waals surface area contributed by atoms with Crippen LogP contribution in [0.2, 0.25) is 0 Å². The van der Waals surface area contributed by atoms with Crippen molar-refractivity contribution in [1.82, 2.24) is 9.97 Å². The van der Waals surface area contributed by atoms with E-state index in [0.29, 0.717) is 31.1 Å². The van der Waals surface area contributed by atoms with Crippen LogP contribution in [0, 0.1) is 0 Å². The molecule has 0 amide bonds. The second-order valence-corrected chi connectivity index (χ2v) is 4.75. The van der Waals surface area contributed by atoms with Crippen molar-refractivity contribution in [3.63, 3.8) is 0 Å². The molecule has 0 atom stereocenters. The van der Waals surface area contributed by atoms with Crippen LogP contribution < -0.4 is 9.64 Å². The number of rotatable bonds is 6. The van der Waals surface area contributed by atoms with E-state index in [-0.39, 0.29) is 0 Å². The minimum absolute atomic E-state index is 0.310. The van der Waals surface area contributed by atoms with Crippen molar-refractivity contribution < 1.29 is 9.47 Å². The number of alkyl halides is 1. The summed E-state index contributed by atoms with van der Waals surface area (Å²) < 4.78 is 11.0. The zero-order chi connectivity index (χ0) is 13.5. The summed E-state index contributed by atoms with van der Waals surface area (Å²) >= 11 is 5.62. The van der Waals surface area contributed by atoms with Gasteiger partial charge in [-0.2, -0.15) is 4.98 Å². The molecule has 0 radical (unpaired) electrons. The topological polar surface area (TPSA) is 47.5 Å². The van der Waals surface area contributed by atoms with Crippen LogP contribution in [-0.4, -0.2) is 48.3 Å². The fraction of sp³-hybridized carbons (Fsp3) is 0.692. The van der Waals surface area contributed by atoms with E-state index in [4.69, 9.17) is 21.1 Å². The first-order valence-electron chi connectivity index (χ1n) is 6.72. The molecular formula is C13H20ClN3O2. The highest BCUT2D eigenvalue weighted by molar-refractivity contribution is 6.17. The van der Waals surface area contributed by atoms with E-state index >= 15 is 0 Å². The predicted molar refractivity (Wildman–Crippen MR) is 75.1 cm³/mol. The Balaban J connectivity index is 1.88. The van der Waals surface area contributed by atoms with Crippen LogP contribution in [0.1, 0.15) is 19.8 Å². The number of halogens is 1. The fourth-order valence-corrected chi connectivity index (χ4v) is 2.24. The van der Waals surface area contributed by atoms with E-state index < -0.39 is 0 Å². The van der Waals surface area contributed by atoms with Crippen LogP contribution in [-0.2, 0) is 4.74 Å². The third-order valence-corrected chi connectivity index (χ3v) is 3.22. The number of piperidine rings is 1. The Bertz CT molecular complexity index is 384. The van der Waals surface area contributed by atoms with Crippen LogP contribution in [0.4, 0.5) is 5.95 Å². The Kier molecular flexibility index (Phi) is 5.66. The van der Waals surface area contributed by atoms with Gasteiger partial charge in [0.15, 0.2) is 0 Å². The van der Waals surface area contributed by atoms with Gasteiger partial charge in [0.05, 0.1) is 19.3 Å². The van der Waals surface area contributed by atoms with Crippen molar-refractivity contribution in [2.75, 3.05) is 37.1 Å². The number of aromatic nitrogens is 2. The van der Waals surface area contributed by atoms with Crippen LogP contribution in [0.25, 0.3) is 0 Å². The molecule has 0 N–H and O–H groups in total. The molecule has 1 saturated heterocycles. The lowest BCUT2D eigenvalue weighted by molar-refractivity contribution is 0.0470. The van der Waals surface area contributed by atoms with Crippen molar-refractivity contribution in [2.45, 2.75) is 25.9 Å². The van der Waals surface area contributed by atoms with E-state index in [1.807, 2.05) is 6.92 Å². The largest absolute Gasteiger partial charge is 0.478 e. The van der Waals surface area contributed by atoms with Crippen molar-refractivity contribution in [3.8, 4) is 5.88 Å². The minimum Gasteiger partial charge on any atom is -0.478 e. The van der Waals surface area contributed by atoms with E-state index in [0.717, 1.165) is 31.9 Å². The van der Waals surface area contributed by atoms with Gasteiger partial charge in [0.1, 0.15) is 0 Å². The normalized spacial score (nSPS) is 16.6. The van der Waals surface area contributed by atoms with E-state index in [9.17, 15) is 0 Å². The Labute approximate surface area is 118 Å². The highest BCUT2D eigenvalue weighted by Crippen LogP contribution is 2.19. The lowest BCUT2D eigenvalue weighted by atomic mass is 10.1. The van der Waals surface area contributed by atoms with Gasteiger partial charge in [-0.1, -0.05) is 0 Å². The monoisotopic (exact) mass is 285 g/mol. The smallest absolute Gasteiger partial charge is 0.228 e. The molecule has 1 aliphatic rings. The molecule has 1 aromatic rings. The molecule has 0 bridgehead atoms.